The Morgan fingerprint density at radius 2 is 1.92 bits per heavy atom. The van der Waals surface area contributed by atoms with E-state index in [1.165, 1.54) is 0 Å². The maximum absolute atomic E-state index is 12.7. The molecule has 1 N–H and O–H groups in total. The Bertz CT molecular complexity index is 923. The number of aryl methyl sites for hydroxylation is 1. The van der Waals surface area contributed by atoms with Crippen molar-refractivity contribution in [3.63, 3.8) is 0 Å². The van der Waals surface area contributed by atoms with E-state index < -0.39 is 0 Å². The summed E-state index contributed by atoms with van der Waals surface area (Å²) in [5, 5.41) is 10.1. The van der Waals surface area contributed by atoms with Crippen LogP contribution in [-0.4, -0.2) is 15.5 Å². The minimum atomic E-state index is -0.00575. The fraction of sp³-hybridized carbons (Fsp3) is 0.0952. The van der Waals surface area contributed by atoms with Gasteiger partial charge in [0.05, 0.1) is 5.69 Å². The third-order valence-electron chi connectivity index (χ3n) is 3.96. The lowest BCUT2D eigenvalue weighted by atomic mass is 10.1. The first kappa shape index (κ1) is 17.1. The van der Waals surface area contributed by atoms with E-state index in [-0.39, 0.29) is 11.5 Å². The summed E-state index contributed by atoms with van der Waals surface area (Å²) in [6.07, 6.45) is 5.62. The summed E-state index contributed by atoms with van der Waals surface area (Å²) < 4.78 is 1.88. The van der Waals surface area contributed by atoms with E-state index in [4.69, 9.17) is 11.6 Å². The van der Waals surface area contributed by atoms with Gasteiger partial charge in [0.15, 0.2) is 0 Å². The first-order chi connectivity index (χ1) is 12.0. The highest BCUT2D eigenvalue weighted by Gasteiger charge is 2.12. The molecule has 4 heteroatoms. The number of carbonyl (C=O) groups excluding carboxylic acids is 1. The highest BCUT2D eigenvalue weighted by Crippen LogP contribution is 2.22. The van der Waals surface area contributed by atoms with E-state index in [1.54, 1.807) is 18.2 Å². The zero-order valence-electron chi connectivity index (χ0n) is 13.8. The number of rotatable bonds is 5. The van der Waals surface area contributed by atoms with Crippen molar-refractivity contribution in [2.24, 2.45) is 0 Å². The van der Waals surface area contributed by atoms with Crippen molar-refractivity contribution in [3.8, 4) is 5.75 Å². The van der Waals surface area contributed by atoms with Gasteiger partial charge in [-0.05, 0) is 42.8 Å². The number of benzene rings is 2. The van der Waals surface area contributed by atoms with E-state index in [9.17, 15) is 9.90 Å². The first-order valence-corrected chi connectivity index (χ1v) is 8.34. The van der Waals surface area contributed by atoms with E-state index in [2.05, 4.69) is 0 Å². The Hall–Kier alpha value is -2.78. The quantitative estimate of drug-likeness (QED) is 0.650. The molecular formula is C21H18ClNO2. The molecule has 0 amide bonds. The summed E-state index contributed by atoms with van der Waals surface area (Å²) in [4.78, 5) is 12.7. The zero-order chi connectivity index (χ0) is 17.8. The molecule has 0 radical (unpaired) electrons. The van der Waals surface area contributed by atoms with Gasteiger partial charge >= 0.3 is 0 Å². The molecule has 3 aromatic rings. The minimum Gasteiger partial charge on any atom is -0.508 e. The lowest BCUT2D eigenvalue weighted by Crippen LogP contribution is -2.09. The van der Waals surface area contributed by atoms with Crippen LogP contribution in [0.25, 0.3) is 6.08 Å². The molecule has 0 saturated carbocycles. The van der Waals surface area contributed by atoms with Gasteiger partial charge in [-0.25, -0.2) is 0 Å². The van der Waals surface area contributed by atoms with Crippen LogP contribution in [0, 0.1) is 6.92 Å². The molecule has 25 heavy (non-hydrogen) atoms. The molecule has 0 aliphatic heterocycles. The summed E-state index contributed by atoms with van der Waals surface area (Å²) in [6.45, 7) is 2.53. The molecule has 0 fully saturated rings. The van der Waals surface area contributed by atoms with Crippen LogP contribution in [0.4, 0.5) is 0 Å². The maximum Gasteiger partial charge on any atom is 0.209 e. The van der Waals surface area contributed by atoms with Crippen molar-refractivity contribution >= 4 is 23.5 Å². The predicted molar refractivity (Wildman–Crippen MR) is 101 cm³/mol. The van der Waals surface area contributed by atoms with Crippen LogP contribution in [0.1, 0.15) is 27.2 Å². The van der Waals surface area contributed by atoms with Gasteiger partial charge in [0.25, 0.3) is 0 Å². The van der Waals surface area contributed by atoms with Gasteiger partial charge in [-0.2, -0.15) is 0 Å². The fourth-order valence-electron chi connectivity index (χ4n) is 2.58. The largest absolute Gasteiger partial charge is 0.508 e. The number of nitrogens with zero attached hydrogens (tertiary/aromatic N) is 1. The second-order valence-electron chi connectivity index (χ2n) is 5.85. The number of hydrogen-bond donors (Lipinski definition) is 1. The van der Waals surface area contributed by atoms with Crippen LogP contribution in [-0.2, 0) is 6.54 Å². The zero-order valence-corrected chi connectivity index (χ0v) is 14.6. The van der Waals surface area contributed by atoms with Gasteiger partial charge in [0.1, 0.15) is 5.75 Å². The molecule has 0 aliphatic rings. The molecule has 0 spiro atoms. The van der Waals surface area contributed by atoms with E-state index in [0.717, 1.165) is 11.1 Å². The van der Waals surface area contributed by atoms with E-state index >= 15 is 0 Å². The second-order valence-corrected chi connectivity index (χ2v) is 6.26. The second kappa shape index (κ2) is 7.41. The van der Waals surface area contributed by atoms with Crippen molar-refractivity contribution in [2.45, 2.75) is 13.5 Å². The predicted octanol–water partition coefficient (Wildman–Crippen LogP) is 5.10. The smallest absolute Gasteiger partial charge is 0.209 e. The number of phenols is 1. The van der Waals surface area contributed by atoms with Crippen molar-refractivity contribution in [3.05, 3.63) is 94.3 Å². The summed E-state index contributed by atoms with van der Waals surface area (Å²) in [6, 6.07) is 16.0. The standard InChI is InChI=1S/C21H18ClNO2/c1-15-6-8-16(9-7-15)21(25)20-5-3-13-23(20)12-2-4-17-14-18(24)10-11-19(17)22/h2-11,13-14,24H,12H2,1H3/b4-2+. The molecule has 0 aliphatic carbocycles. The van der Waals surface area contributed by atoms with Crippen LogP contribution >= 0.6 is 11.6 Å². The van der Waals surface area contributed by atoms with E-state index in [0.29, 0.717) is 22.8 Å². The van der Waals surface area contributed by atoms with Gasteiger partial charge in [-0.15, -0.1) is 0 Å². The van der Waals surface area contributed by atoms with Crippen LogP contribution in [0.3, 0.4) is 0 Å². The van der Waals surface area contributed by atoms with Crippen molar-refractivity contribution in [1.82, 2.24) is 4.57 Å². The monoisotopic (exact) mass is 351 g/mol. The number of ketones is 1. The molecule has 0 unspecified atom stereocenters. The van der Waals surface area contributed by atoms with Gasteiger partial charge in [0, 0.05) is 23.3 Å². The SMILES string of the molecule is Cc1ccc(C(=O)c2cccn2C/C=C/c2cc(O)ccc2Cl)cc1. The fourth-order valence-corrected chi connectivity index (χ4v) is 2.76. The highest BCUT2D eigenvalue weighted by atomic mass is 35.5. The van der Waals surface area contributed by atoms with Crippen LogP contribution < -0.4 is 0 Å². The molecule has 3 rings (SSSR count). The van der Waals surface area contributed by atoms with Crippen LogP contribution in [0.5, 0.6) is 5.75 Å². The summed E-state index contributed by atoms with van der Waals surface area (Å²) >= 11 is 6.11. The van der Waals surface area contributed by atoms with Gasteiger partial charge in [-0.1, -0.05) is 53.6 Å². The van der Waals surface area contributed by atoms with Crippen LogP contribution in [0.15, 0.2) is 66.9 Å². The molecular weight excluding hydrogens is 334 g/mol. The summed E-state index contributed by atoms with van der Waals surface area (Å²) in [5.74, 6) is 0.161. The topological polar surface area (TPSA) is 42.2 Å². The lowest BCUT2D eigenvalue weighted by molar-refractivity contribution is 0.103. The number of hydrogen-bond acceptors (Lipinski definition) is 2. The van der Waals surface area contributed by atoms with E-state index in [1.807, 2.05) is 66.2 Å². The molecule has 1 heterocycles. The molecule has 0 bridgehead atoms. The summed E-state index contributed by atoms with van der Waals surface area (Å²) in [7, 11) is 0. The number of phenolic OH excluding ortho intramolecular Hbond substituents is 1. The van der Waals surface area contributed by atoms with Crippen molar-refractivity contribution in [2.75, 3.05) is 0 Å². The molecule has 0 saturated heterocycles. The van der Waals surface area contributed by atoms with Gasteiger partial charge < -0.3 is 9.67 Å². The molecule has 1 aromatic heterocycles. The average Bonchev–Trinajstić information content (AvgIpc) is 3.06. The molecule has 126 valence electrons. The molecule has 0 atom stereocenters. The third-order valence-corrected chi connectivity index (χ3v) is 4.30. The highest BCUT2D eigenvalue weighted by molar-refractivity contribution is 6.32. The Labute approximate surface area is 151 Å². The number of halogens is 1. The summed E-state index contributed by atoms with van der Waals surface area (Å²) in [5.41, 5.74) is 3.17. The Balaban J connectivity index is 1.78. The van der Waals surface area contributed by atoms with Crippen LogP contribution in [0.2, 0.25) is 5.02 Å². The number of aromatic hydroxyl groups is 1. The Morgan fingerprint density at radius 3 is 2.68 bits per heavy atom. The molecule has 3 nitrogen and oxygen atoms in total. The minimum absolute atomic E-state index is 0.00575. The van der Waals surface area contributed by atoms with Gasteiger partial charge in [0.2, 0.25) is 5.78 Å². The third kappa shape index (κ3) is 4.01. The number of allylic oxidation sites excluding steroid dienone is 1. The Kier molecular flexibility index (Phi) is 5.05. The first-order valence-electron chi connectivity index (χ1n) is 7.96. The number of carbonyl (C=O) groups is 1. The molecule has 2 aromatic carbocycles. The van der Waals surface area contributed by atoms with Gasteiger partial charge in [-0.3, -0.25) is 4.79 Å². The maximum atomic E-state index is 12.7. The van der Waals surface area contributed by atoms with Crippen molar-refractivity contribution < 1.29 is 9.90 Å². The Morgan fingerprint density at radius 1 is 1.16 bits per heavy atom. The average molecular weight is 352 g/mol. The van der Waals surface area contributed by atoms with Crippen molar-refractivity contribution in [1.29, 1.82) is 0 Å². The normalized spacial score (nSPS) is 11.1. The number of aromatic nitrogens is 1. The lowest BCUT2D eigenvalue weighted by Gasteiger charge is -2.07.